The average molecular weight is 265 g/mol. The third-order valence-corrected chi connectivity index (χ3v) is 4.85. The Labute approximate surface area is 102 Å². The maximum atomic E-state index is 12.1. The molecule has 0 unspecified atom stereocenters. The third-order valence-electron chi connectivity index (χ3n) is 2.70. The molecule has 0 aliphatic carbocycles. The number of carbonyl (C=O) groups is 1. The number of ether oxygens (including phenoxy) is 1. The Kier molecular flexibility index (Phi) is 4.51. The van der Waals surface area contributed by atoms with Gasteiger partial charge in [0, 0.05) is 13.0 Å². The van der Waals surface area contributed by atoms with E-state index < -0.39 is 21.5 Å². The molecule has 100 valence electrons. The van der Waals surface area contributed by atoms with Crippen LogP contribution in [-0.2, 0) is 19.6 Å². The lowest BCUT2D eigenvalue weighted by molar-refractivity contribution is -0.137. The van der Waals surface area contributed by atoms with Crippen LogP contribution in [0.4, 0.5) is 0 Å². The highest BCUT2D eigenvalue weighted by Crippen LogP contribution is 2.23. The minimum absolute atomic E-state index is 0.121. The first-order valence-electron chi connectivity index (χ1n) is 5.56. The van der Waals surface area contributed by atoms with Gasteiger partial charge in [0.2, 0.25) is 10.0 Å². The van der Waals surface area contributed by atoms with Crippen molar-refractivity contribution in [3.63, 3.8) is 0 Å². The fraction of sp³-hybridized carbons (Fsp3) is 0.900. The molecular formula is C10H19NO5S. The molecule has 1 N–H and O–H groups in total. The van der Waals surface area contributed by atoms with E-state index in [1.54, 1.807) is 13.8 Å². The molecule has 0 radical (unpaired) electrons. The van der Waals surface area contributed by atoms with Crippen molar-refractivity contribution in [1.29, 1.82) is 0 Å². The highest BCUT2D eigenvalue weighted by Gasteiger charge is 2.38. The molecule has 1 aliphatic heterocycles. The van der Waals surface area contributed by atoms with Crippen molar-refractivity contribution in [1.82, 2.24) is 4.31 Å². The summed E-state index contributed by atoms with van der Waals surface area (Å²) in [6, 6.07) is 0. The molecule has 0 atom stereocenters. The first-order chi connectivity index (χ1) is 7.76. The second-order valence-electron chi connectivity index (χ2n) is 4.75. The van der Waals surface area contributed by atoms with Crippen molar-refractivity contribution in [3.8, 4) is 0 Å². The van der Waals surface area contributed by atoms with Crippen molar-refractivity contribution < 1.29 is 23.1 Å². The van der Waals surface area contributed by atoms with Crippen LogP contribution < -0.4 is 0 Å². The molecule has 1 rings (SSSR count). The van der Waals surface area contributed by atoms with Gasteiger partial charge in [-0.05, 0) is 20.3 Å². The first kappa shape index (κ1) is 14.4. The van der Waals surface area contributed by atoms with Gasteiger partial charge in [0.25, 0.3) is 0 Å². The summed E-state index contributed by atoms with van der Waals surface area (Å²) in [5.74, 6) is -1.09. The van der Waals surface area contributed by atoms with E-state index in [1.807, 2.05) is 0 Å². The molecular weight excluding hydrogens is 246 g/mol. The molecule has 17 heavy (non-hydrogen) atoms. The predicted molar refractivity (Wildman–Crippen MR) is 62.3 cm³/mol. The van der Waals surface area contributed by atoms with Crippen molar-refractivity contribution in [3.05, 3.63) is 0 Å². The van der Waals surface area contributed by atoms with Crippen LogP contribution in [-0.4, -0.2) is 54.8 Å². The van der Waals surface area contributed by atoms with Crippen LogP contribution in [0.15, 0.2) is 0 Å². The van der Waals surface area contributed by atoms with Gasteiger partial charge in [-0.1, -0.05) is 0 Å². The fourth-order valence-corrected chi connectivity index (χ4v) is 3.76. The van der Waals surface area contributed by atoms with E-state index >= 15 is 0 Å². The minimum Gasteiger partial charge on any atom is -0.481 e. The van der Waals surface area contributed by atoms with Crippen molar-refractivity contribution in [2.45, 2.75) is 32.2 Å². The fourth-order valence-electron chi connectivity index (χ4n) is 1.88. The number of hydrogen-bond acceptors (Lipinski definition) is 4. The van der Waals surface area contributed by atoms with E-state index in [4.69, 9.17) is 9.84 Å². The lowest BCUT2D eigenvalue weighted by Crippen LogP contribution is -2.55. The molecule has 1 fully saturated rings. The summed E-state index contributed by atoms with van der Waals surface area (Å²) in [5.41, 5.74) is -0.555. The quantitative estimate of drug-likeness (QED) is 0.772. The van der Waals surface area contributed by atoms with E-state index in [-0.39, 0.29) is 18.6 Å². The summed E-state index contributed by atoms with van der Waals surface area (Å²) in [7, 11) is -3.40. The molecule has 0 aromatic heterocycles. The van der Waals surface area contributed by atoms with Gasteiger partial charge in [0.15, 0.2) is 0 Å². The maximum absolute atomic E-state index is 12.1. The van der Waals surface area contributed by atoms with Crippen molar-refractivity contribution >= 4 is 16.0 Å². The van der Waals surface area contributed by atoms with Gasteiger partial charge >= 0.3 is 5.97 Å². The number of nitrogens with zero attached hydrogens (tertiary/aromatic N) is 1. The summed E-state index contributed by atoms with van der Waals surface area (Å²) in [6.45, 7) is 4.71. The second kappa shape index (κ2) is 5.32. The van der Waals surface area contributed by atoms with Crippen LogP contribution in [0.3, 0.4) is 0 Å². The molecule has 0 aromatic rings. The number of hydrogen-bond donors (Lipinski definition) is 1. The smallest absolute Gasteiger partial charge is 0.303 e. The summed E-state index contributed by atoms with van der Waals surface area (Å²) in [4.78, 5) is 10.4. The minimum atomic E-state index is -3.40. The molecule has 7 heteroatoms. The molecule has 1 heterocycles. The first-order valence-corrected chi connectivity index (χ1v) is 7.17. The monoisotopic (exact) mass is 265 g/mol. The Hall–Kier alpha value is -0.660. The van der Waals surface area contributed by atoms with Crippen LogP contribution in [0.25, 0.3) is 0 Å². The molecule has 1 aliphatic rings. The number of morpholine rings is 1. The Morgan fingerprint density at radius 2 is 2.12 bits per heavy atom. The zero-order chi connectivity index (χ0) is 13.1. The van der Waals surface area contributed by atoms with E-state index in [0.717, 1.165) is 0 Å². The number of carboxylic acid groups (broad SMARTS) is 1. The molecule has 0 saturated carbocycles. The van der Waals surface area contributed by atoms with Gasteiger partial charge in [-0.25, -0.2) is 8.42 Å². The van der Waals surface area contributed by atoms with Gasteiger partial charge in [-0.2, -0.15) is 4.31 Å². The Balaban J connectivity index is 2.65. The summed E-state index contributed by atoms with van der Waals surface area (Å²) < 4.78 is 30.8. The van der Waals surface area contributed by atoms with Gasteiger partial charge < -0.3 is 9.84 Å². The largest absolute Gasteiger partial charge is 0.481 e. The summed E-state index contributed by atoms with van der Waals surface area (Å²) >= 11 is 0. The molecule has 0 aromatic carbocycles. The Bertz CT molecular complexity index is 376. The van der Waals surface area contributed by atoms with Gasteiger partial charge in [-0.15, -0.1) is 0 Å². The van der Waals surface area contributed by atoms with Gasteiger partial charge in [0.05, 0.1) is 24.5 Å². The normalized spacial score (nSPS) is 21.3. The van der Waals surface area contributed by atoms with Gasteiger partial charge in [-0.3, -0.25) is 4.79 Å². The molecule has 0 spiro atoms. The molecule has 0 amide bonds. The topological polar surface area (TPSA) is 83.9 Å². The zero-order valence-corrected chi connectivity index (χ0v) is 11.0. The average Bonchev–Trinajstić information content (AvgIpc) is 2.15. The van der Waals surface area contributed by atoms with Crippen LogP contribution >= 0.6 is 0 Å². The van der Waals surface area contributed by atoms with Crippen molar-refractivity contribution in [2.75, 3.05) is 25.5 Å². The van der Waals surface area contributed by atoms with Crippen molar-refractivity contribution in [2.24, 2.45) is 0 Å². The standard InChI is InChI=1S/C10H19NO5S/c1-10(2)8-16-6-5-11(10)17(14,15)7-3-4-9(12)13/h3-8H2,1-2H3,(H,12,13). The number of rotatable bonds is 5. The number of carboxylic acids is 1. The summed E-state index contributed by atoms with van der Waals surface area (Å²) in [6.07, 6.45) is 0.0229. The van der Waals surface area contributed by atoms with Crippen LogP contribution in [0.1, 0.15) is 26.7 Å². The van der Waals surface area contributed by atoms with E-state index in [2.05, 4.69) is 0 Å². The third kappa shape index (κ3) is 3.93. The highest BCUT2D eigenvalue weighted by atomic mass is 32.2. The number of sulfonamides is 1. The maximum Gasteiger partial charge on any atom is 0.303 e. The SMILES string of the molecule is CC1(C)COCCN1S(=O)(=O)CCCC(=O)O. The molecule has 0 bridgehead atoms. The molecule has 6 nitrogen and oxygen atoms in total. The zero-order valence-electron chi connectivity index (χ0n) is 10.2. The highest BCUT2D eigenvalue weighted by molar-refractivity contribution is 7.89. The van der Waals surface area contributed by atoms with E-state index in [9.17, 15) is 13.2 Å². The Morgan fingerprint density at radius 3 is 2.65 bits per heavy atom. The lowest BCUT2D eigenvalue weighted by Gasteiger charge is -2.40. The lowest BCUT2D eigenvalue weighted by atomic mass is 10.1. The Morgan fingerprint density at radius 1 is 1.47 bits per heavy atom. The molecule has 1 saturated heterocycles. The van der Waals surface area contributed by atoms with E-state index in [1.165, 1.54) is 4.31 Å². The predicted octanol–water partition coefficient (Wildman–Crippen LogP) is 0.292. The second-order valence-corrected chi connectivity index (χ2v) is 6.76. The van der Waals surface area contributed by atoms with Crippen LogP contribution in [0.2, 0.25) is 0 Å². The van der Waals surface area contributed by atoms with Gasteiger partial charge in [0.1, 0.15) is 0 Å². The number of aliphatic carboxylic acids is 1. The van der Waals surface area contributed by atoms with Crippen LogP contribution in [0.5, 0.6) is 0 Å². The van der Waals surface area contributed by atoms with Crippen LogP contribution in [0, 0.1) is 0 Å². The van der Waals surface area contributed by atoms with E-state index in [0.29, 0.717) is 19.8 Å². The summed E-state index contributed by atoms with van der Waals surface area (Å²) in [5, 5.41) is 8.49.